The van der Waals surface area contributed by atoms with E-state index >= 15 is 0 Å². The van der Waals surface area contributed by atoms with E-state index in [1.807, 2.05) is 48.6 Å². The van der Waals surface area contributed by atoms with Crippen molar-refractivity contribution in [2.45, 2.75) is 0 Å². The second-order valence-electron chi connectivity index (χ2n) is 4.57. The first-order chi connectivity index (χ1) is 10.8. The maximum absolute atomic E-state index is 9.31. The summed E-state index contributed by atoms with van der Waals surface area (Å²) in [4.78, 5) is 11.6. The highest BCUT2D eigenvalue weighted by molar-refractivity contribution is 9.10. The van der Waals surface area contributed by atoms with E-state index in [4.69, 9.17) is 0 Å². The number of pyridine rings is 1. The minimum atomic E-state index is 0.460. The number of hydrogen-bond acceptors (Lipinski definition) is 3. The number of imidazole rings is 1. The number of halogens is 1. The van der Waals surface area contributed by atoms with Gasteiger partial charge in [0, 0.05) is 10.7 Å². The lowest BCUT2D eigenvalue weighted by atomic mass is 10.2. The standard InChI is InChI=1S/C17H11BrN4/c18-14-9-15-17(20-11-14)22-16(21-15)13(10-19)8-4-7-12-5-2-1-3-6-12/h1-9,11H,(H,20,21,22). The molecule has 0 atom stereocenters. The number of aromatic amines is 1. The number of benzene rings is 1. The van der Waals surface area contributed by atoms with Crippen molar-refractivity contribution in [2.75, 3.05) is 0 Å². The number of aromatic nitrogens is 3. The summed E-state index contributed by atoms with van der Waals surface area (Å²) in [6.07, 6.45) is 7.19. The fourth-order valence-corrected chi connectivity index (χ4v) is 2.32. The minimum Gasteiger partial charge on any atom is -0.336 e. The molecule has 0 spiro atoms. The fourth-order valence-electron chi connectivity index (χ4n) is 1.99. The zero-order chi connectivity index (χ0) is 15.4. The zero-order valence-corrected chi connectivity index (χ0v) is 13.1. The Balaban J connectivity index is 1.91. The predicted molar refractivity (Wildman–Crippen MR) is 90.7 cm³/mol. The molecule has 0 aliphatic rings. The van der Waals surface area contributed by atoms with Gasteiger partial charge in [-0.1, -0.05) is 42.5 Å². The average molecular weight is 351 g/mol. The number of nitrogens with zero attached hydrogens (tertiary/aromatic N) is 3. The van der Waals surface area contributed by atoms with E-state index in [0.29, 0.717) is 17.0 Å². The van der Waals surface area contributed by atoms with Crippen LogP contribution in [0.5, 0.6) is 0 Å². The number of H-pyrrole nitrogens is 1. The van der Waals surface area contributed by atoms with Gasteiger partial charge in [-0.3, -0.25) is 0 Å². The summed E-state index contributed by atoms with van der Waals surface area (Å²) in [6, 6.07) is 13.9. The van der Waals surface area contributed by atoms with E-state index in [0.717, 1.165) is 15.6 Å². The van der Waals surface area contributed by atoms with E-state index in [2.05, 4.69) is 37.0 Å². The molecule has 0 saturated carbocycles. The van der Waals surface area contributed by atoms with E-state index in [9.17, 15) is 5.26 Å². The second kappa shape index (κ2) is 6.37. The van der Waals surface area contributed by atoms with Crippen molar-refractivity contribution >= 4 is 38.7 Å². The molecular formula is C17H11BrN4. The van der Waals surface area contributed by atoms with Crippen LogP contribution in [0.4, 0.5) is 0 Å². The van der Waals surface area contributed by atoms with Gasteiger partial charge in [-0.2, -0.15) is 5.26 Å². The molecule has 1 N–H and O–H groups in total. The maximum Gasteiger partial charge on any atom is 0.178 e. The van der Waals surface area contributed by atoms with Crippen LogP contribution in [-0.4, -0.2) is 15.0 Å². The average Bonchev–Trinajstić information content (AvgIpc) is 2.95. The number of fused-ring (bicyclic) bond motifs is 1. The molecule has 4 nitrogen and oxygen atoms in total. The Morgan fingerprint density at radius 3 is 2.86 bits per heavy atom. The highest BCUT2D eigenvalue weighted by Gasteiger charge is 2.08. The normalized spacial score (nSPS) is 11.9. The van der Waals surface area contributed by atoms with Crippen LogP contribution in [0.15, 0.2) is 59.2 Å². The first kappa shape index (κ1) is 14.2. The third-order valence-electron chi connectivity index (χ3n) is 3.03. The molecule has 22 heavy (non-hydrogen) atoms. The van der Waals surface area contributed by atoms with Crippen LogP contribution in [0.2, 0.25) is 0 Å². The molecular weight excluding hydrogens is 340 g/mol. The molecule has 0 fully saturated rings. The Bertz CT molecular complexity index is 901. The molecule has 106 valence electrons. The van der Waals surface area contributed by atoms with Crippen molar-refractivity contribution < 1.29 is 0 Å². The number of allylic oxidation sites excluding steroid dienone is 3. The number of hydrogen-bond donors (Lipinski definition) is 1. The smallest absolute Gasteiger partial charge is 0.178 e. The highest BCUT2D eigenvalue weighted by atomic mass is 79.9. The van der Waals surface area contributed by atoms with Gasteiger partial charge in [-0.25, -0.2) is 9.97 Å². The van der Waals surface area contributed by atoms with Gasteiger partial charge in [-0.05, 0) is 33.6 Å². The molecule has 0 bridgehead atoms. The van der Waals surface area contributed by atoms with E-state index < -0.39 is 0 Å². The molecule has 1 aromatic carbocycles. The number of nitriles is 1. The van der Waals surface area contributed by atoms with Gasteiger partial charge in [-0.15, -0.1) is 0 Å². The third-order valence-corrected chi connectivity index (χ3v) is 3.46. The van der Waals surface area contributed by atoms with Gasteiger partial charge >= 0.3 is 0 Å². The van der Waals surface area contributed by atoms with Gasteiger partial charge in [0.2, 0.25) is 0 Å². The summed E-state index contributed by atoms with van der Waals surface area (Å²) in [5.74, 6) is 0.515. The largest absolute Gasteiger partial charge is 0.336 e. The van der Waals surface area contributed by atoms with Crippen LogP contribution in [0.3, 0.4) is 0 Å². The topological polar surface area (TPSA) is 65.4 Å². The number of nitrogens with one attached hydrogen (secondary N) is 1. The summed E-state index contributed by atoms with van der Waals surface area (Å²) < 4.78 is 0.863. The Hall–Kier alpha value is -2.71. The van der Waals surface area contributed by atoms with Crippen LogP contribution >= 0.6 is 15.9 Å². The van der Waals surface area contributed by atoms with Gasteiger partial charge in [0.15, 0.2) is 11.5 Å². The van der Waals surface area contributed by atoms with Crippen molar-refractivity contribution in [3.8, 4) is 6.07 Å². The Kier molecular flexibility index (Phi) is 4.12. The quantitative estimate of drug-likeness (QED) is 0.564. The maximum atomic E-state index is 9.31. The van der Waals surface area contributed by atoms with Crippen molar-refractivity contribution in [3.63, 3.8) is 0 Å². The van der Waals surface area contributed by atoms with Crippen LogP contribution in [0, 0.1) is 11.3 Å². The Labute approximate surface area is 136 Å². The lowest BCUT2D eigenvalue weighted by Crippen LogP contribution is -1.83. The highest BCUT2D eigenvalue weighted by Crippen LogP contribution is 2.18. The van der Waals surface area contributed by atoms with Crippen molar-refractivity contribution in [2.24, 2.45) is 0 Å². The molecule has 5 heteroatoms. The lowest BCUT2D eigenvalue weighted by Gasteiger charge is -1.91. The molecule has 3 rings (SSSR count). The lowest BCUT2D eigenvalue weighted by molar-refractivity contribution is 1.25. The van der Waals surface area contributed by atoms with Gasteiger partial charge in [0.05, 0.1) is 11.1 Å². The Morgan fingerprint density at radius 2 is 2.09 bits per heavy atom. The first-order valence-electron chi connectivity index (χ1n) is 6.61. The zero-order valence-electron chi connectivity index (χ0n) is 11.5. The van der Waals surface area contributed by atoms with Gasteiger partial charge < -0.3 is 4.98 Å². The summed E-state index contributed by atoms with van der Waals surface area (Å²) >= 11 is 3.36. The fraction of sp³-hybridized carbons (Fsp3) is 0. The monoisotopic (exact) mass is 350 g/mol. The SMILES string of the molecule is N#CC(=CC=Cc1ccccc1)c1nc2ncc(Br)cc2[nH]1. The molecule has 0 aliphatic heterocycles. The number of rotatable bonds is 3. The van der Waals surface area contributed by atoms with Crippen LogP contribution in [0.1, 0.15) is 11.4 Å². The Morgan fingerprint density at radius 1 is 1.27 bits per heavy atom. The molecule has 0 unspecified atom stereocenters. The van der Waals surface area contributed by atoms with E-state index in [1.54, 1.807) is 12.3 Å². The molecule has 0 radical (unpaired) electrons. The van der Waals surface area contributed by atoms with Crippen LogP contribution in [-0.2, 0) is 0 Å². The predicted octanol–water partition coefficient (Wildman–Crippen LogP) is 4.34. The van der Waals surface area contributed by atoms with E-state index in [1.165, 1.54) is 0 Å². The van der Waals surface area contributed by atoms with Crippen molar-refractivity contribution in [3.05, 3.63) is 70.6 Å². The minimum absolute atomic E-state index is 0.460. The summed E-state index contributed by atoms with van der Waals surface area (Å²) in [7, 11) is 0. The van der Waals surface area contributed by atoms with Gasteiger partial charge in [0.25, 0.3) is 0 Å². The second-order valence-corrected chi connectivity index (χ2v) is 5.49. The molecule has 2 heterocycles. The van der Waals surface area contributed by atoms with Crippen molar-refractivity contribution in [1.82, 2.24) is 15.0 Å². The van der Waals surface area contributed by atoms with Crippen molar-refractivity contribution in [1.29, 1.82) is 5.26 Å². The molecule has 0 saturated heterocycles. The summed E-state index contributed by atoms with van der Waals surface area (Å²) in [5.41, 5.74) is 2.91. The van der Waals surface area contributed by atoms with Gasteiger partial charge in [0.1, 0.15) is 6.07 Å². The van der Waals surface area contributed by atoms with E-state index in [-0.39, 0.29) is 0 Å². The molecule has 0 aliphatic carbocycles. The van der Waals surface area contributed by atoms with Crippen LogP contribution < -0.4 is 0 Å². The first-order valence-corrected chi connectivity index (χ1v) is 7.41. The molecule has 3 aromatic rings. The molecule has 0 amide bonds. The summed E-state index contributed by atoms with van der Waals surface area (Å²) in [6.45, 7) is 0. The third kappa shape index (κ3) is 3.13. The molecule has 2 aromatic heterocycles. The van der Waals surface area contributed by atoms with Crippen LogP contribution in [0.25, 0.3) is 22.8 Å². The summed E-state index contributed by atoms with van der Waals surface area (Å²) in [5, 5.41) is 9.31.